The second-order valence-corrected chi connectivity index (χ2v) is 17.5. The summed E-state index contributed by atoms with van der Waals surface area (Å²) in [5.41, 5.74) is 10.6. The summed E-state index contributed by atoms with van der Waals surface area (Å²) in [5.74, 6) is 1.01. The first-order chi connectivity index (χ1) is 29.5. The van der Waals surface area contributed by atoms with Crippen molar-refractivity contribution in [3.63, 3.8) is 0 Å². The van der Waals surface area contributed by atoms with Gasteiger partial charge in [0.05, 0.1) is 28.9 Å². The average molecular weight is 862 g/mol. The van der Waals surface area contributed by atoms with Crippen molar-refractivity contribution in [2.75, 3.05) is 25.6 Å². The monoisotopic (exact) mass is 860 g/mol. The topological polar surface area (TPSA) is 93.2 Å². The van der Waals surface area contributed by atoms with Gasteiger partial charge in [-0.05, 0) is 127 Å². The molecule has 9 nitrogen and oxygen atoms in total. The molecule has 0 radical (unpaired) electrons. The minimum atomic E-state index is -0.822. The van der Waals surface area contributed by atoms with Crippen molar-refractivity contribution in [1.82, 2.24) is 15.2 Å². The third kappa shape index (κ3) is 9.25. The number of rotatable bonds is 12. The predicted octanol–water partition coefficient (Wildman–Crippen LogP) is 10.3. The van der Waals surface area contributed by atoms with Crippen LogP contribution < -0.4 is 19.7 Å². The Morgan fingerprint density at radius 1 is 0.934 bits per heavy atom. The Kier molecular flexibility index (Phi) is 12.9. The van der Waals surface area contributed by atoms with Gasteiger partial charge in [-0.15, -0.1) is 0 Å². The first-order valence-corrected chi connectivity index (χ1v) is 22.2. The number of methoxy groups -OCH3 is 1. The van der Waals surface area contributed by atoms with E-state index in [1.54, 1.807) is 6.07 Å². The smallest absolute Gasteiger partial charge is 0.328 e. The normalized spacial score (nSPS) is 18.7. The lowest BCUT2D eigenvalue weighted by Gasteiger charge is -2.45. The number of pyridine rings is 1. The van der Waals surface area contributed by atoms with Gasteiger partial charge in [-0.1, -0.05) is 79.0 Å². The van der Waals surface area contributed by atoms with Crippen LogP contribution in [0.1, 0.15) is 90.3 Å². The lowest BCUT2D eigenvalue weighted by atomic mass is 9.85. The van der Waals surface area contributed by atoms with E-state index in [2.05, 4.69) is 77.4 Å². The Labute approximate surface area is 369 Å². The van der Waals surface area contributed by atoms with Crippen LogP contribution in [0.3, 0.4) is 0 Å². The highest BCUT2D eigenvalue weighted by Crippen LogP contribution is 2.42. The zero-order valence-electron chi connectivity index (χ0n) is 35.5. The number of esters is 1. The number of carbonyl (C=O) groups is 2. The molecule has 11 heteroatoms. The van der Waals surface area contributed by atoms with E-state index in [1.807, 2.05) is 55.6 Å². The molecule has 1 N–H and O–H groups in total. The fourth-order valence-corrected chi connectivity index (χ4v) is 9.18. The largest absolute Gasteiger partial charge is 0.486 e. The molecule has 3 heterocycles. The van der Waals surface area contributed by atoms with Crippen LogP contribution in [-0.2, 0) is 33.7 Å². The van der Waals surface area contributed by atoms with Crippen molar-refractivity contribution in [2.24, 2.45) is 0 Å². The first-order valence-electron chi connectivity index (χ1n) is 21.4. The summed E-state index contributed by atoms with van der Waals surface area (Å²) >= 11 is 12.5. The lowest BCUT2D eigenvalue weighted by molar-refractivity contribution is -0.146. The van der Waals surface area contributed by atoms with E-state index in [1.165, 1.54) is 12.7 Å². The maximum absolute atomic E-state index is 14.4. The number of aryl methyl sites for hydroxylation is 1. The summed E-state index contributed by atoms with van der Waals surface area (Å²) in [6.07, 6.45) is 7.19. The third-order valence-electron chi connectivity index (χ3n) is 12.9. The third-order valence-corrected chi connectivity index (χ3v) is 13.6. The molecule has 1 aromatic heterocycles. The van der Waals surface area contributed by atoms with Gasteiger partial charge in [0.15, 0.2) is 0 Å². The number of nitrogens with zero attached hydrogens (tertiary/aromatic N) is 3. The van der Waals surface area contributed by atoms with Gasteiger partial charge >= 0.3 is 5.97 Å². The van der Waals surface area contributed by atoms with E-state index >= 15 is 0 Å². The second-order valence-electron chi connectivity index (χ2n) is 16.7. The van der Waals surface area contributed by atoms with Gasteiger partial charge in [0.2, 0.25) is 5.91 Å². The van der Waals surface area contributed by atoms with Crippen LogP contribution in [0.2, 0.25) is 10.0 Å². The molecule has 5 aromatic rings. The van der Waals surface area contributed by atoms with Crippen LogP contribution in [0.15, 0.2) is 91.1 Å². The Balaban J connectivity index is 0.977. The van der Waals surface area contributed by atoms with E-state index < -0.39 is 18.1 Å². The maximum Gasteiger partial charge on any atom is 0.328 e. The van der Waals surface area contributed by atoms with Gasteiger partial charge < -0.3 is 24.4 Å². The summed E-state index contributed by atoms with van der Waals surface area (Å²) in [5, 5.41) is 4.17. The minimum Gasteiger partial charge on any atom is -0.486 e. The zero-order valence-corrected chi connectivity index (χ0v) is 37.1. The van der Waals surface area contributed by atoms with Gasteiger partial charge in [0.1, 0.15) is 29.7 Å². The van der Waals surface area contributed by atoms with E-state index in [-0.39, 0.29) is 18.1 Å². The molecule has 1 saturated carbocycles. The molecule has 2 aliphatic heterocycles. The fourth-order valence-electron chi connectivity index (χ4n) is 8.88. The first kappa shape index (κ1) is 42.6. The number of amides is 1. The molecule has 1 fully saturated rings. The summed E-state index contributed by atoms with van der Waals surface area (Å²) < 4.78 is 18.5. The number of hydrogen-bond donors (Lipinski definition) is 1. The van der Waals surface area contributed by atoms with Crippen LogP contribution >= 0.6 is 23.2 Å². The Hall–Kier alpha value is -5.09. The standard InChI is InChI=1S/C50H54Cl2N4O5/c1-6-46(35-16-19-41(51)42(52)25-35)60-39-17-14-34(15-18-39)47-21-23-55(4)44-26-36-27-45(56(38-8-7-9-38)29-37(36)28-48(44)61-47)49(57)54-43(50(58)59-5)24-32-10-12-33(13-11-32)40-20-22-53-31(3)30(40)2/h10-20,22,25-26,28,38,43,45-47H,6-9,21,23-24,27,29H2,1-5H3,(H,54,57)/t43-,45-,46+,47+/m0/s1. The molecule has 0 saturated heterocycles. The van der Waals surface area contributed by atoms with Crippen molar-refractivity contribution in [3.8, 4) is 22.6 Å². The van der Waals surface area contributed by atoms with Crippen LogP contribution in [0, 0.1) is 13.8 Å². The molecule has 61 heavy (non-hydrogen) atoms. The Bertz CT molecular complexity index is 2390. The second kappa shape index (κ2) is 18.5. The van der Waals surface area contributed by atoms with Crippen molar-refractivity contribution in [2.45, 2.75) is 103 Å². The molecule has 1 amide bonds. The summed E-state index contributed by atoms with van der Waals surface area (Å²) in [7, 11) is 3.47. The van der Waals surface area contributed by atoms with Crippen LogP contribution in [0.5, 0.6) is 11.5 Å². The van der Waals surface area contributed by atoms with Crippen molar-refractivity contribution in [3.05, 3.63) is 140 Å². The number of anilines is 1. The summed E-state index contributed by atoms with van der Waals surface area (Å²) in [4.78, 5) is 36.6. The highest BCUT2D eigenvalue weighted by atomic mass is 35.5. The number of carbonyl (C=O) groups excluding carboxylic acids is 2. The van der Waals surface area contributed by atoms with Gasteiger partial charge in [-0.25, -0.2) is 4.79 Å². The molecule has 0 bridgehead atoms. The van der Waals surface area contributed by atoms with Gasteiger partial charge in [-0.3, -0.25) is 14.7 Å². The average Bonchev–Trinajstić information content (AvgIpc) is 3.40. The molecule has 4 aromatic carbocycles. The number of aromatic nitrogens is 1. The van der Waals surface area contributed by atoms with Crippen LogP contribution in [0.25, 0.3) is 11.1 Å². The number of hydrogen-bond acceptors (Lipinski definition) is 8. The van der Waals surface area contributed by atoms with E-state index in [4.69, 9.17) is 37.4 Å². The molecule has 4 atom stereocenters. The zero-order chi connectivity index (χ0) is 42.8. The van der Waals surface area contributed by atoms with Crippen molar-refractivity contribution >= 4 is 40.8 Å². The number of fused-ring (bicyclic) bond motifs is 2. The number of benzene rings is 4. The SMILES string of the molecule is CC[C@@H](Oc1ccc([C@H]2CCN(C)c3cc4c(cc3O2)CN(C2CCC2)[C@H](C(=O)N[C@@H](Cc2ccc(-c3ccnc(C)c3C)cc2)C(=O)OC)C4)cc1)c1ccc(Cl)c(Cl)c1. The van der Waals surface area contributed by atoms with E-state index in [0.29, 0.717) is 35.5 Å². The molecule has 0 unspecified atom stereocenters. The quantitative estimate of drug-likeness (QED) is 0.124. The molecular weight excluding hydrogens is 807 g/mol. The molecule has 318 valence electrons. The fraction of sp³-hybridized carbons (Fsp3) is 0.380. The van der Waals surface area contributed by atoms with E-state index in [0.717, 1.165) is 100 Å². The van der Waals surface area contributed by atoms with Crippen LogP contribution in [0.4, 0.5) is 5.69 Å². The van der Waals surface area contributed by atoms with Crippen molar-refractivity contribution in [1.29, 1.82) is 0 Å². The highest BCUT2D eigenvalue weighted by molar-refractivity contribution is 6.42. The minimum absolute atomic E-state index is 0.145. The van der Waals surface area contributed by atoms with Crippen molar-refractivity contribution < 1.29 is 23.8 Å². The highest BCUT2D eigenvalue weighted by Gasteiger charge is 2.40. The van der Waals surface area contributed by atoms with E-state index in [9.17, 15) is 9.59 Å². The molecular formula is C50H54Cl2N4O5. The van der Waals surface area contributed by atoms with Crippen LogP contribution in [-0.4, -0.2) is 60.6 Å². The summed E-state index contributed by atoms with van der Waals surface area (Å²) in [6, 6.07) is 27.5. The molecule has 0 spiro atoms. The van der Waals surface area contributed by atoms with Gasteiger partial charge in [0, 0.05) is 50.9 Å². The predicted molar refractivity (Wildman–Crippen MR) is 242 cm³/mol. The number of nitrogens with one attached hydrogen (secondary N) is 1. The molecule has 1 aliphatic carbocycles. The lowest BCUT2D eigenvalue weighted by Crippen LogP contribution is -2.58. The maximum atomic E-state index is 14.4. The summed E-state index contributed by atoms with van der Waals surface area (Å²) in [6.45, 7) is 7.59. The Morgan fingerprint density at radius 2 is 1.70 bits per heavy atom. The number of ether oxygens (including phenoxy) is 3. The molecule has 3 aliphatic rings. The molecule has 8 rings (SSSR count). The van der Waals surface area contributed by atoms with Gasteiger partial charge in [-0.2, -0.15) is 0 Å². The van der Waals surface area contributed by atoms with Gasteiger partial charge in [0.25, 0.3) is 0 Å². The number of halogens is 2. The Morgan fingerprint density at radius 3 is 2.39 bits per heavy atom.